The molecule has 106 valence electrons. The van der Waals surface area contributed by atoms with E-state index >= 15 is 0 Å². The highest BCUT2D eigenvalue weighted by molar-refractivity contribution is 7.89. The lowest BCUT2D eigenvalue weighted by Gasteiger charge is -2.34. The van der Waals surface area contributed by atoms with Crippen LogP contribution in [0.25, 0.3) is 0 Å². The molecular formula is C14H22N2O2S. The molecule has 0 heterocycles. The Kier molecular flexibility index (Phi) is 4.16. The number of para-hydroxylation sites is 1. The van der Waals surface area contributed by atoms with Crippen molar-refractivity contribution in [1.29, 1.82) is 0 Å². The summed E-state index contributed by atoms with van der Waals surface area (Å²) in [7, 11) is -3.45. The van der Waals surface area contributed by atoms with Crippen LogP contribution in [0, 0.1) is 5.92 Å². The molecule has 0 saturated heterocycles. The lowest BCUT2D eigenvalue weighted by Crippen LogP contribution is -2.35. The van der Waals surface area contributed by atoms with Crippen molar-refractivity contribution in [2.45, 2.75) is 50.6 Å². The first-order valence-corrected chi connectivity index (χ1v) is 8.24. The van der Waals surface area contributed by atoms with Gasteiger partial charge >= 0.3 is 0 Å². The fourth-order valence-electron chi connectivity index (χ4n) is 2.43. The summed E-state index contributed by atoms with van der Waals surface area (Å²) in [6, 6.07) is 7.38. The maximum atomic E-state index is 12.3. The van der Waals surface area contributed by atoms with Crippen molar-refractivity contribution in [2.24, 2.45) is 5.92 Å². The first kappa shape index (κ1) is 14.3. The van der Waals surface area contributed by atoms with E-state index in [1.165, 1.54) is 0 Å². The summed E-state index contributed by atoms with van der Waals surface area (Å²) < 4.78 is 27.2. The van der Waals surface area contributed by atoms with Gasteiger partial charge in [0, 0.05) is 12.1 Å². The quantitative estimate of drug-likeness (QED) is 0.872. The second-order valence-corrected chi connectivity index (χ2v) is 7.37. The molecule has 1 fully saturated rings. The summed E-state index contributed by atoms with van der Waals surface area (Å²) in [4.78, 5) is 0.336. The number of benzene rings is 1. The van der Waals surface area contributed by atoms with Gasteiger partial charge in [0.05, 0.1) is 5.69 Å². The number of hydrogen-bond donors (Lipinski definition) is 2. The minimum absolute atomic E-state index is 0.109. The Morgan fingerprint density at radius 1 is 1.21 bits per heavy atom. The third-order valence-corrected chi connectivity index (χ3v) is 5.02. The van der Waals surface area contributed by atoms with Gasteiger partial charge in [0.2, 0.25) is 10.0 Å². The molecule has 2 rings (SSSR count). The summed E-state index contributed by atoms with van der Waals surface area (Å²) >= 11 is 0. The summed E-state index contributed by atoms with van der Waals surface area (Å²) in [5, 5.41) is 3.34. The van der Waals surface area contributed by atoms with E-state index in [4.69, 9.17) is 0 Å². The second-order valence-electron chi connectivity index (χ2n) is 5.69. The van der Waals surface area contributed by atoms with Gasteiger partial charge in [0.25, 0.3) is 0 Å². The molecule has 19 heavy (non-hydrogen) atoms. The Balaban J connectivity index is 2.21. The average Bonchev–Trinajstić information content (AvgIpc) is 2.25. The molecule has 4 nitrogen and oxygen atoms in total. The standard InChI is InChI=1S/C14H22N2O2S/c1-10(2)16-19(17,18)14-7-5-4-6-13(14)15-12-8-11(3)9-12/h4-7,10-12,15-16H,8-9H2,1-3H3. The monoisotopic (exact) mass is 282 g/mol. The lowest BCUT2D eigenvalue weighted by atomic mass is 9.82. The zero-order valence-corrected chi connectivity index (χ0v) is 12.5. The Morgan fingerprint density at radius 3 is 2.42 bits per heavy atom. The van der Waals surface area contributed by atoms with Crippen LogP contribution in [-0.2, 0) is 10.0 Å². The van der Waals surface area contributed by atoms with Crippen LogP contribution in [0.4, 0.5) is 5.69 Å². The molecule has 1 aromatic rings. The van der Waals surface area contributed by atoms with Gasteiger partial charge in [-0.3, -0.25) is 0 Å². The van der Waals surface area contributed by atoms with E-state index in [1.807, 2.05) is 26.0 Å². The molecule has 1 aromatic carbocycles. The van der Waals surface area contributed by atoms with E-state index in [0.29, 0.717) is 16.6 Å². The molecule has 1 aliphatic carbocycles. The Hall–Kier alpha value is -1.07. The van der Waals surface area contributed by atoms with Gasteiger partial charge in [-0.05, 0) is 44.7 Å². The van der Waals surface area contributed by atoms with Crippen LogP contribution in [0.3, 0.4) is 0 Å². The minimum atomic E-state index is -3.45. The molecule has 0 bridgehead atoms. The van der Waals surface area contributed by atoms with Crippen LogP contribution in [0.5, 0.6) is 0 Å². The second kappa shape index (κ2) is 5.51. The van der Waals surface area contributed by atoms with Crippen molar-refractivity contribution in [3.05, 3.63) is 24.3 Å². The molecule has 1 aliphatic rings. The van der Waals surface area contributed by atoms with Crippen LogP contribution in [-0.4, -0.2) is 20.5 Å². The van der Waals surface area contributed by atoms with Crippen LogP contribution < -0.4 is 10.0 Å². The summed E-state index contributed by atoms with van der Waals surface area (Å²) in [6.07, 6.45) is 2.21. The van der Waals surface area contributed by atoms with Crippen molar-refractivity contribution in [2.75, 3.05) is 5.32 Å². The van der Waals surface area contributed by atoms with E-state index < -0.39 is 10.0 Å². The first-order valence-electron chi connectivity index (χ1n) is 6.76. The predicted molar refractivity (Wildman–Crippen MR) is 77.7 cm³/mol. The number of nitrogens with one attached hydrogen (secondary N) is 2. The van der Waals surface area contributed by atoms with Crippen molar-refractivity contribution in [3.8, 4) is 0 Å². The van der Waals surface area contributed by atoms with Crippen LogP contribution >= 0.6 is 0 Å². The van der Waals surface area contributed by atoms with Crippen LogP contribution in [0.15, 0.2) is 29.2 Å². The van der Waals surface area contributed by atoms with E-state index in [1.54, 1.807) is 12.1 Å². The fourth-order valence-corrected chi connectivity index (χ4v) is 3.86. The molecule has 0 radical (unpaired) electrons. The maximum Gasteiger partial charge on any atom is 0.242 e. The normalized spacial score (nSPS) is 23.2. The van der Waals surface area contributed by atoms with Gasteiger partial charge in [-0.15, -0.1) is 0 Å². The van der Waals surface area contributed by atoms with E-state index in [9.17, 15) is 8.42 Å². The summed E-state index contributed by atoms with van der Waals surface area (Å²) in [5.74, 6) is 0.732. The molecule has 5 heteroatoms. The first-order chi connectivity index (χ1) is 8.88. The molecule has 2 N–H and O–H groups in total. The predicted octanol–water partition coefficient (Wildman–Crippen LogP) is 2.58. The van der Waals surface area contributed by atoms with Gasteiger partial charge in [0.1, 0.15) is 4.90 Å². The highest BCUT2D eigenvalue weighted by atomic mass is 32.2. The average molecular weight is 282 g/mol. The van der Waals surface area contributed by atoms with E-state index in [-0.39, 0.29) is 6.04 Å². The molecule has 0 amide bonds. The Bertz CT molecular complexity index is 534. The maximum absolute atomic E-state index is 12.3. The molecule has 0 unspecified atom stereocenters. The zero-order valence-electron chi connectivity index (χ0n) is 11.7. The largest absolute Gasteiger partial charge is 0.381 e. The molecule has 0 aromatic heterocycles. The van der Waals surface area contributed by atoms with Crippen molar-refractivity contribution >= 4 is 15.7 Å². The highest BCUT2D eigenvalue weighted by Gasteiger charge is 2.27. The molecule has 0 atom stereocenters. The van der Waals surface area contributed by atoms with Crippen LogP contribution in [0.1, 0.15) is 33.6 Å². The topological polar surface area (TPSA) is 58.2 Å². The Morgan fingerprint density at radius 2 is 1.84 bits per heavy atom. The zero-order chi connectivity index (χ0) is 14.0. The summed E-state index contributed by atoms with van der Waals surface area (Å²) in [6.45, 7) is 5.85. The van der Waals surface area contributed by atoms with Gasteiger partial charge in [-0.2, -0.15) is 0 Å². The third-order valence-electron chi connectivity index (χ3n) is 3.30. The molecule has 0 spiro atoms. The molecule has 1 saturated carbocycles. The molecule has 0 aliphatic heterocycles. The van der Waals surface area contributed by atoms with Crippen molar-refractivity contribution in [3.63, 3.8) is 0 Å². The van der Waals surface area contributed by atoms with Crippen molar-refractivity contribution < 1.29 is 8.42 Å². The number of sulfonamides is 1. The molecular weight excluding hydrogens is 260 g/mol. The fraction of sp³-hybridized carbons (Fsp3) is 0.571. The smallest absolute Gasteiger partial charge is 0.242 e. The number of rotatable bonds is 5. The number of anilines is 1. The highest BCUT2D eigenvalue weighted by Crippen LogP contribution is 2.31. The number of hydrogen-bond acceptors (Lipinski definition) is 3. The SMILES string of the molecule is CC1CC(Nc2ccccc2S(=O)(=O)NC(C)C)C1. The van der Waals surface area contributed by atoms with Gasteiger partial charge in [-0.1, -0.05) is 19.1 Å². The summed E-state index contributed by atoms with van der Waals surface area (Å²) in [5.41, 5.74) is 0.701. The van der Waals surface area contributed by atoms with Gasteiger partial charge < -0.3 is 5.32 Å². The van der Waals surface area contributed by atoms with Crippen LogP contribution in [0.2, 0.25) is 0 Å². The third kappa shape index (κ3) is 3.48. The van der Waals surface area contributed by atoms with E-state index in [2.05, 4.69) is 17.0 Å². The lowest BCUT2D eigenvalue weighted by molar-refractivity contribution is 0.309. The van der Waals surface area contributed by atoms with Crippen molar-refractivity contribution in [1.82, 2.24) is 4.72 Å². The van der Waals surface area contributed by atoms with E-state index in [0.717, 1.165) is 18.8 Å². The van der Waals surface area contributed by atoms with Gasteiger partial charge in [0.15, 0.2) is 0 Å². The van der Waals surface area contributed by atoms with Gasteiger partial charge in [-0.25, -0.2) is 13.1 Å². The Labute approximate surface area is 115 Å². The minimum Gasteiger partial charge on any atom is -0.381 e.